The second kappa shape index (κ2) is 9.62. The lowest BCUT2D eigenvalue weighted by atomic mass is 9.43. The maximum Gasteiger partial charge on any atom is 0.414 e. The number of carbonyl (C=O) groups excluding carboxylic acids is 3. The van der Waals surface area contributed by atoms with Gasteiger partial charge >= 0.3 is 6.09 Å². The van der Waals surface area contributed by atoms with Crippen molar-refractivity contribution in [3.05, 3.63) is 0 Å². The van der Waals surface area contributed by atoms with Gasteiger partial charge in [-0.1, -0.05) is 47.5 Å². The Morgan fingerprint density at radius 2 is 1.92 bits per heavy atom. The van der Waals surface area contributed by atoms with Crippen molar-refractivity contribution in [2.45, 2.75) is 105 Å². The van der Waals surface area contributed by atoms with Gasteiger partial charge in [-0.3, -0.25) is 14.9 Å². The average molecular weight is 517 g/mol. The van der Waals surface area contributed by atoms with Crippen LogP contribution in [0.2, 0.25) is 0 Å². The fourth-order valence-electron chi connectivity index (χ4n) is 9.62. The maximum atomic E-state index is 13.6. The Hall–Kier alpha value is -1.47. The zero-order valence-electron chi connectivity index (χ0n) is 23.6. The number of hydrogen-bond donors (Lipinski definition) is 2. The largest absolute Gasteiger partial charge is 0.445 e. The summed E-state index contributed by atoms with van der Waals surface area (Å²) in [5.74, 6) is 0.125. The third-order valence-electron chi connectivity index (χ3n) is 12.1. The number of aliphatic hydroxyl groups excluding tert-OH is 1. The van der Waals surface area contributed by atoms with Gasteiger partial charge in [0.1, 0.15) is 11.9 Å². The van der Waals surface area contributed by atoms with Crippen LogP contribution in [0.1, 0.15) is 92.4 Å². The quantitative estimate of drug-likeness (QED) is 0.556. The molecule has 2 saturated heterocycles. The van der Waals surface area contributed by atoms with Crippen LogP contribution < -0.4 is 5.32 Å². The molecule has 0 aromatic carbocycles. The van der Waals surface area contributed by atoms with Crippen molar-refractivity contribution in [2.24, 2.45) is 45.8 Å². The van der Waals surface area contributed by atoms with Crippen LogP contribution in [0, 0.1) is 45.8 Å². The summed E-state index contributed by atoms with van der Waals surface area (Å²) >= 11 is 0. The summed E-state index contributed by atoms with van der Waals surface area (Å²) in [6, 6.07) is 0. The Morgan fingerprint density at radius 1 is 1.16 bits per heavy atom. The van der Waals surface area contributed by atoms with Gasteiger partial charge in [0.05, 0.1) is 12.0 Å². The van der Waals surface area contributed by atoms with Crippen LogP contribution in [0.15, 0.2) is 0 Å². The SMILES string of the molecule is CCCC[C@]1(C)C[C@@H](OC(=O)NC(=O)[C@H]2CN3CC[C@H]2C3)[C@@]2(C)C3C(=O)CCC3(CC[C@H]2C)[C@@H](C)[C@@H]1O. The predicted molar refractivity (Wildman–Crippen MR) is 141 cm³/mol. The van der Waals surface area contributed by atoms with Crippen molar-refractivity contribution in [3.63, 3.8) is 0 Å². The molecule has 5 aliphatic rings. The molecule has 3 aliphatic carbocycles. The molecule has 2 amide bonds. The van der Waals surface area contributed by atoms with E-state index in [0.717, 1.165) is 58.0 Å². The molecule has 2 aliphatic heterocycles. The lowest BCUT2D eigenvalue weighted by molar-refractivity contribution is -0.199. The summed E-state index contributed by atoms with van der Waals surface area (Å²) < 4.78 is 6.26. The molecule has 37 heavy (non-hydrogen) atoms. The molecule has 2 N–H and O–H groups in total. The number of fused-ring (bicyclic) bond motifs is 2. The molecule has 0 aromatic heterocycles. The van der Waals surface area contributed by atoms with Crippen molar-refractivity contribution >= 4 is 17.8 Å². The number of nitrogens with one attached hydrogen (secondary N) is 1. The molecule has 3 saturated carbocycles. The first-order chi connectivity index (χ1) is 17.5. The lowest BCUT2D eigenvalue weighted by Crippen LogP contribution is -2.63. The number of rotatable bonds is 5. The maximum absolute atomic E-state index is 13.6. The molecule has 7 heteroatoms. The number of ketones is 1. The second-order valence-electron chi connectivity index (χ2n) is 13.9. The number of imide groups is 1. The minimum Gasteiger partial charge on any atom is -0.445 e. The van der Waals surface area contributed by atoms with Crippen LogP contribution in [0.25, 0.3) is 0 Å². The highest BCUT2D eigenvalue weighted by Crippen LogP contribution is 2.68. The number of Topliss-reactive ketones (excluding diaryl/α,β-unsaturated/α-hetero) is 1. The summed E-state index contributed by atoms with van der Waals surface area (Å²) in [5.41, 5.74) is -1.24. The van der Waals surface area contributed by atoms with Crippen LogP contribution in [-0.2, 0) is 14.3 Å². The molecule has 2 heterocycles. The van der Waals surface area contributed by atoms with E-state index in [4.69, 9.17) is 4.74 Å². The van der Waals surface area contributed by atoms with Crippen molar-refractivity contribution < 1.29 is 24.2 Å². The zero-order chi connectivity index (χ0) is 26.8. The van der Waals surface area contributed by atoms with Gasteiger partial charge in [0.15, 0.2) is 0 Å². The molecule has 7 nitrogen and oxygen atoms in total. The van der Waals surface area contributed by atoms with Gasteiger partial charge in [-0.25, -0.2) is 4.79 Å². The first kappa shape index (κ1) is 27.1. The summed E-state index contributed by atoms with van der Waals surface area (Å²) in [6.45, 7) is 13.5. The lowest BCUT2D eigenvalue weighted by Gasteiger charge is -2.62. The smallest absolute Gasteiger partial charge is 0.414 e. The Morgan fingerprint density at radius 3 is 2.57 bits per heavy atom. The molecule has 4 bridgehead atoms. The van der Waals surface area contributed by atoms with Gasteiger partial charge in [0, 0.05) is 30.8 Å². The van der Waals surface area contributed by atoms with Crippen molar-refractivity contribution in [2.75, 3.05) is 19.6 Å². The van der Waals surface area contributed by atoms with E-state index in [-0.39, 0.29) is 40.8 Å². The molecule has 0 radical (unpaired) electrons. The Labute approximate surface area is 222 Å². The number of ether oxygens (including phenoxy) is 1. The monoisotopic (exact) mass is 516 g/mol. The third kappa shape index (κ3) is 4.18. The van der Waals surface area contributed by atoms with Crippen molar-refractivity contribution in [1.29, 1.82) is 0 Å². The molecule has 5 rings (SSSR count). The van der Waals surface area contributed by atoms with E-state index in [9.17, 15) is 19.5 Å². The minimum atomic E-state index is -0.691. The number of piperidine rings is 1. The fourth-order valence-corrected chi connectivity index (χ4v) is 9.62. The van der Waals surface area contributed by atoms with Gasteiger partial charge in [0.2, 0.25) is 5.91 Å². The molecule has 0 spiro atoms. The highest BCUT2D eigenvalue weighted by molar-refractivity contribution is 5.93. The number of amides is 2. The van der Waals surface area contributed by atoms with Gasteiger partial charge in [-0.05, 0) is 73.7 Å². The summed E-state index contributed by atoms with van der Waals surface area (Å²) in [6.07, 6.45) is 5.75. The topological polar surface area (TPSA) is 95.9 Å². The number of carbonyl (C=O) groups is 3. The Bertz CT molecular complexity index is 939. The summed E-state index contributed by atoms with van der Waals surface area (Å²) in [4.78, 5) is 42.2. The van der Waals surface area contributed by atoms with E-state index in [2.05, 4.69) is 44.8 Å². The average Bonchev–Trinajstić information content (AvgIpc) is 3.59. The number of nitrogens with zero attached hydrogens (tertiary/aromatic N) is 1. The first-order valence-electron chi connectivity index (χ1n) is 14.9. The summed E-state index contributed by atoms with van der Waals surface area (Å²) in [5, 5.41) is 14.5. The third-order valence-corrected chi connectivity index (χ3v) is 12.1. The molecular weight excluding hydrogens is 468 g/mol. The second-order valence-corrected chi connectivity index (χ2v) is 13.9. The Kier molecular flexibility index (Phi) is 7.05. The molecule has 11 atom stereocenters. The predicted octanol–water partition coefficient (Wildman–Crippen LogP) is 4.56. The van der Waals surface area contributed by atoms with Crippen LogP contribution >= 0.6 is 0 Å². The molecule has 3 unspecified atom stereocenters. The molecule has 5 fully saturated rings. The highest BCUT2D eigenvalue weighted by atomic mass is 16.6. The first-order valence-corrected chi connectivity index (χ1v) is 14.9. The molecular formula is C30H48N2O5. The van der Waals surface area contributed by atoms with Gasteiger partial charge in [-0.2, -0.15) is 0 Å². The van der Waals surface area contributed by atoms with E-state index in [1.807, 2.05) is 0 Å². The van der Waals surface area contributed by atoms with Gasteiger partial charge in [-0.15, -0.1) is 0 Å². The minimum absolute atomic E-state index is 0.00164. The highest BCUT2D eigenvalue weighted by Gasteiger charge is 2.68. The number of hydrogen-bond acceptors (Lipinski definition) is 6. The van der Waals surface area contributed by atoms with Crippen molar-refractivity contribution in [1.82, 2.24) is 10.2 Å². The summed E-state index contributed by atoms with van der Waals surface area (Å²) in [7, 11) is 0. The normalized spacial score (nSPS) is 48.8. The van der Waals surface area contributed by atoms with E-state index in [1.54, 1.807) is 0 Å². The van der Waals surface area contributed by atoms with Gasteiger partial charge in [0.25, 0.3) is 0 Å². The van der Waals surface area contributed by atoms with Gasteiger partial charge < -0.3 is 14.7 Å². The van der Waals surface area contributed by atoms with Crippen LogP contribution in [-0.4, -0.2) is 59.6 Å². The van der Waals surface area contributed by atoms with Crippen LogP contribution in [0.4, 0.5) is 4.79 Å². The number of unbranched alkanes of at least 4 members (excludes halogenated alkanes) is 1. The number of aliphatic hydroxyl groups is 1. The Balaban J connectivity index is 1.46. The standard InChI is InChI=1S/C30H48N2O5/c1-6-7-11-28(4)15-23(37-27(36)31-26(35)21-17-32-14-10-20(21)16-32)29(5)18(2)8-12-30(19(3)25(28)34)13-9-22(33)24(29)30/h18-21,23-25,34H,6-17H2,1-5H3,(H,31,35,36)/t18-,19+,20+,21+,23-,24?,25+,28-,29+,30?/m1/s1. The van der Waals surface area contributed by atoms with Crippen molar-refractivity contribution in [3.8, 4) is 0 Å². The molecule has 0 aromatic rings. The fraction of sp³-hybridized carbons (Fsp3) is 0.900. The van der Waals surface area contributed by atoms with E-state index >= 15 is 0 Å². The zero-order valence-corrected chi connectivity index (χ0v) is 23.6. The van der Waals surface area contributed by atoms with Crippen LogP contribution in [0.5, 0.6) is 0 Å². The van der Waals surface area contributed by atoms with Crippen LogP contribution in [0.3, 0.4) is 0 Å². The van der Waals surface area contributed by atoms with E-state index in [0.29, 0.717) is 25.3 Å². The molecule has 208 valence electrons. The van der Waals surface area contributed by atoms with E-state index < -0.39 is 29.1 Å². The van der Waals surface area contributed by atoms with E-state index in [1.165, 1.54) is 0 Å². The number of alkyl carbamates (subject to hydrolysis) is 1.